The lowest BCUT2D eigenvalue weighted by atomic mass is 10.0. The fourth-order valence-electron chi connectivity index (χ4n) is 1.59. The van der Waals surface area contributed by atoms with Crippen molar-refractivity contribution in [1.82, 2.24) is 5.32 Å². The summed E-state index contributed by atoms with van der Waals surface area (Å²) in [5.74, 6) is 0.121. The second kappa shape index (κ2) is 4.45. The van der Waals surface area contributed by atoms with Gasteiger partial charge in [-0.1, -0.05) is 30.3 Å². The minimum absolute atomic E-state index is 0.0860. The molecule has 0 bridgehead atoms. The molecular formula is C12H15NO2. The van der Waals surface area contributed by atoms with Crippen LogP contribution in [0.15, 0.2) is 30.3 Å². The lowest BCUT2D eigenvalue weighted by Crippen LogP contribution is -2.54. The SMILES string of the molecule is CC(OCc1ccccc1)C1CC(=O)N1. The van der Waals surface area contributed by atoms with E-state index in [0.717, 1.165) is 5.56 Å². The van der Waals surface area contributed by atoms with Crippen LogP contribution in [-0.2, 0) is 16.1 Å². The van der Waals surface area contributed by atoms with E-state index in [1.54, 1.807) is 0 Å². The average molecular weight is 205 g/mol. The van der Waals surface area contributed by atoms with Crippen molar-refractivity contribution in [3.63, 3.8) is 0 Å². The molecule has 1 aliphatic heterocycles. The molecule has 1 aliphatic rings. The highest BCUT2D eigenvalue weighted by Gasteiger charge is 2.30. The number of rotatable bonds is 4. The maximum Gasteiger partial charge on any atom is 0.222 e. The highest BCUT2D eigenvalue weighted by Crippen LogP contribution is 2.13. The van der Waals surface area contributed by atoms with E-state index in [1.165, 1.54) is 0 Å². The molecule has 1 N–H and O–H groups in total. The summed E-state index contributed by atoms with van der Waals surface area (Å²) in [7, 11) is 0. The Balaban J connectivity index is 1.76. The van der Waals surface area contributed by atoms with Gasteiger partial charge in [-0.2, -0.15) is 0 Å². The van der Waals surface area contributed by atoms with Crippen molar-refractivity contribution in [2.45, 2.75) is 32.1 Å². The van der Waals surface area contributed by atoms with Gasteiger partial charge in [0.25, 0.3) is 0 Å². The van der Waals surface area contributed by atoms with Crippen molar-refractivity contribution >= 4 is 5.91 Å². The molecule has 0 saturated carbocycles. The zero-order valence-electron chi connectivity index (χ0n) is 8.77. The molecular weight excluding hydrogens is 190 g/mol. The van der Waals surface area contributed by atoms with E-state index in [1.807, 2.05) is 37.3 Å². The molecule has 1 heterocycles. The molecule has 1 fully saturated rings. The van der Waals surface area contributed by atoms with Gasteiger partial charge in [-0.15, -0.1) is 0 Å². The summed E-state index contributed by atoms with van der Waals surface area (Å²) in [6.07, 6.45) is 0.679. The van der Waals surface area contributed by atoms with E-state index in [0.29, 0.717) is 13.0 Å². The lowest BCUT2D eigenvalue weighted by molar-refractivity contribution is -0.132. The highest BCUT2D eigenvalue weighted by atomic mass is 16.5. The van der Waals surface area contributed by atoms with E-state index in [-0.39, 0.29) is 18.1 Å². The summed E-state index contributed by atoms with van der Waals surface area (Å²) < 4.78 is 5.67. The number of carbonyl (C=O) groups excluding carboxylic acids is 1. The van der Waals surface area contributed by atoms with Crippen molar-refractivity contribution in [2.75, 3.05) is 0 Å². The van der Waals surface area contributed by atoms with E-state index < -0.39 is 0 Å². The van der Waals surface area contributed by atoms with Crippen molar-refractivity contribution in [2.24, 2.45) is 0 Å². The quantitative estimate of drug-likeness (QED) is 0.756. The molecule has 0 aliphatic carbocycles. The van der Waals surface area contributed by atoms with Crippen LogP contribution in [0.2, 0.25) is 0 Å². The third-order valence-electron chi connectivity index (χ3n) is 2.67. The van der Waals surface area contributed by atoms with Gasteiger partial charge in [0, 0.05) is 6.42 Å². The Labute approximate surface area is 89.4 Å². The molecule has 15 heavy (non-hydrogen) atoms. The summed E-state index contributed by atoms with van der Waals surface area (Å²) in [6.45, 7) is 2.60. The van der Waals surface area contributed by atoms with Crippen LogP contribution in [0.3, 0.4) is 0 Å². The Hall–Kier alpha value is -1.35. The van der Waals surface area contributed by atoms with Gasteiger partial charge in [0.15, 0.2) is 0 Å². The van der Waals surface area contributed by atoms with E-state index >= 15 is 0 Å². The monoisotopic (exact) mass is 205 g/mol. The molecule has 0 radical (unpaired) electrons. The first-order valence-corrected chi connectivity index (χ1v) is 5.20. The topological polar surface area (TPSA) is 38.3 Å². The average Bonchev–Trinajstić information content (AvgIpc) is 2.23. The molecule has 3 heteroatoms. The zero-order valence-corrected chi connectivity index (χ0v) is 8.77. The number of carbonyl (C=O) groups is 1. The molecule has 0 aromatic heterocycles. The molecule has 3 nitrogen and oxygen atoms in total. The van der Waals surface area contributed by atoms with Crippen molar-refractivity contribution in [3.05, 3.63) is 35.9 Å². The lowest BCUT2D eigenvalue weighted by Gasteiger charge is -2.32. The Morgan fingerprint density at radius 2 is 2.13 bits per heavy atom. The molecule has 80 valence electrons. The highest BCUT2D eigenvalue weighted by molar-refractivity contribution is 5.82. The van der Waals surface area contributed by atoms with Gasteiger partial charge in [0.05, 0.1) is 18.8 Å². The fourth-order valence-corrected chi connectivity index (χ4v) is 1.59. The third-order valence-corrected chi connectivity index (χ3v) is 2.67. The second-order valence-corrected chi connectivity index (χ2v) is 3.88. The normalized spacial score (nSPS) is 21.7. The standard InChI is InChI=1S/C12H15NO2/c1-9(11-7-12(14)13-11)15-8-10-5-3-2-4-6-10/h2-6,9,11H,7-8H2,1H3,(H,13,14). The summed E-state index contributed by atoms with van der Waals surface area (Å²) in [6, 6.07) is 10.2. The summed E-state index contributed by atoms with van der Waals surface area (Å²) in [4.78, 5) is 10.7. The number of nitrogens with one attached hydrogen (secondary N) is 1. The van der Waals surface area contributed by atoms with Crippen LogP contribution in [-0.4, -0.2) is 18.1 Å². The smallest absolute Gasteiger partial charge is 0.222 e. The zero-order chi connectivity index (χ0) is 10.7. The molecule has 2 atom stereocenters. The second-order valence-electron chi connectivity index (χ2n) is 3.88. The van der Waals surface area contributed by atoms with Crippen LogP contribution >= 0.6 is 0 Å². The molecule has 1 amide bonds. The van der Waals surface area contributed by atoms with Crippen LogP contribution < -0.4 is 5.32 Å². The van der Waals surface area contributed by atoms with Crippen LogP contribution in [0.25, 0.3) is 0 Å². The third kappa shape index (κ3) is 2.57. The van der Waals surface area contributed by atoms with Crippen LogP contribution in [0, 0.1) is 0 Å². The molecule has 1 aromatic rings. The van der Waals surface area contributed by atoms with Gasteiger partial charge in [-0.3, -0.25) is 4.79 Å². The van der Waals surface area contributed by atoms with Crippen molar-refractivity contribution in [3.8, 4) is 0 Å². The first-order valence-electron chi connectivity index (χ1n) is 5.20. The number of amides is 1. The number of hydrogen-bond acceptors (Lipinski definition) is 2. The van der Waals surface area contributed by atoms with Gasteiger partial charge in [0.2, 0.25) is 5.91 Å². The molecule has 2 unspecified atom stereocenters. The van der Waals surface area contributed by atoms with Crippen molar-refractivity contribution < 1.29 is 9.53 Å². The van der Waals surface area contributed by atoms with E-state index in [4.69, 9.17) is 4.74 Å². The van der Waals surface area contributed by atoms with Crippen LogP contribution in [0.1, 0.15) is 18.9 Å². The minimum atomic E-state index is 0.0860. The van der Waals surface area contributed by atoms with Gasteiger partial charge >= 0.3 is 0 Å². The maximum absolute atomic E-state index is 10.7. The number of ether oxygens (including phenoxy) is 1. The number of β-lactam (4-membered cyclic amide) rings is 1. The fraction of sp³-hybridized carbons (Fsp3) is 0.417. The summed E-state index contributed by atoms with van der Waals surface area (Å²) in [5.41, 5.74) is 1.16. The Morgan fingerprint density at radius 3 is 2.73 bits per heavy atom. The summed E-state index contributed by atoms with van der Waals surface area (Å²) >= 11 is 0. The van der Waals surface area contributed by atoms with Gasteiger partial charge in [-0.05, 0) is 12.5 Å². The summed E-state index contributed by atoms with van der Waals surface area (Å²) in [5, 5.41) is 2.81. The van der Waals surface area contributed by atoms with Gasteiger partial charge in [-0.25, -0.2) is 0 Å². The molecule has 0 spiro atoms. The van der Waals surface area contributed by atoms with E-state index in [9.17, 15) is 4.79 Å². The molecule has 1 aromatic carbocycles. The maximum atomic E-state index is 10.7. The predicted molar refractivity (Wildman–Crippen MR) is 57.2 cm³/mol. The van der Waals surface area contributed by atoms with Gasteiger partial charge in [0.1, 0.15) is 0 Å². The molecule has 1 saturated heterocycles. The van der Waals surface area contributed by atoms with Crippen LogP contribution in [0.4, 0.5) is 0 Å². The first kappa shape index (κ1) is 10.2. The largest absolute Gasteiger partial charge is 0.372 e. The van der Waals surface area contributed by atoms with Crippen molar-refractivity contribution in [1.29, 1.82) is 0 Å². The van der Waals surface area contributed by atoms with Crippen LogP contribution in [0.5, 0.6) is 0 Å². The number of benzene rings is 1. The van der Waals surface area contributed by atoms with E-state index in [2.05, 4.69) is 5.32 Å². The minimum Gasteiger partial charge on any atom is -0.372 e. The van der Waals surface area contributed by atoms with Gasteiger partial charge < -0.3 is 10.1 Å². The Kier molecular flexibility index (Phi) is 3.02. The first-order chi connectivity index (χ1) is 7.25. The number of hydrogen-bond donors (Lipinski definition) is 1. The Morgan fingerprint density at radius 1 is 1.47 bits per heavy atom. The Bertz CT molecular complexity index is 329. The predicted octanol–water partition coefficient (Wildman–Crippen LogP) is 1.48. The molecule has 2 rings (SSSR count).